The normalized spacial score (nSPS) is 18.4. The Balaban J connectivity index is 1.73. The summed E-state index contributed by atoms with van der Waals surface area (Å²) in [5, 5.41) is 4.35. The molecule has 112 valence electrons. The van der Waals surface area contributed by atoms with E-state index in [2.05, 4.69) is 15.1 Å². The lowest BCUT2D eigenvalue weighted by atomic mass is 10.1. The molecular formula is C15H21N5O. The van der Waals surface area contributed by atoms with Gasteiger partial charge in [-0.25, -0.2) is 4.98 Å². The number of nitrogens with zero attached hydrogens (tertiary/aromatic N) is 4. The first-order valence-corrected chi connectivity index (χ1v) is 7.43. The van der Waals surface area contributed by atoms with Gasteiger partial charge in [0.1, 0.15) is 5.82 Å². The number of imidazole rings is 1. The van der Waals surface area contributed by atoms with Crippen molar-refractivity contribution in [2.45, 2.75) is 39.7 Å². The maximum absolute atomic E-state index is 12.6. The van der Waals surface area contributed by atoms with Crippen molar-refractivity contribution in [3.05, 3.63) is 35.2 Å². The molecule has 3 rings (SSSR count). The second-order valence-electron chi connectivity index (χ2n) is 5.67. The van der Waals surface area contributed by atoms with Gasteiger partial charge in [0.2, 0.25) is 0 Å². The van der Waals surface area contributed by atoms with E-state index in [-0.39, 0.29) is 5.91 Å². The lowest BCUT2D eigenvalue weighted by Crippen LogP contribution is -2.28. The fourth-order valence-electron chi connectivity index (χ4n) is 2.87. The average Bonchev–Trinajstić information content (AvgIpc) is 3.16. The third kappa shape index (κ3) is 2.57. The van der Waals surface area contributed by atoms with Gasteiger partial charge in [-0.05, 0) is 27.2 Å². The molecule has 1 fully saturated rings. The largest absolute Gasteiger partial charge is 0.346 e. The van der Waals surface area contributed by atoms with E-state index < -0.39 is 0 Å². The Bertz CT molecular complexity index is 657. The van der Waals surface area contributed by atoms with E-state index in [0.29, 0.717) is 11.5 Å². The molecular weight excluding hydrogens is 266 g/mol. The van der Waals surface area contributed by atoms with E-state index in [4.69, 9.17) is 0 Å². The van der Waals surface area contributed by atoms with Crippen LogP contribution in [0.4, 0.5) is 0 Å². The van der Waals surface area contributed by atoms with Crippen molar-refractivity contribution in [1.82, 2.24) is 24.6 Å². The Morgan fingerprint density at radius 1 is 1.48 bits per heavy atom. The highest BCUT2D eigenvalue weighted by atomic mass is 16.2. The zero-order valence-corrected chi connectivity index (χ0v) is 12.8. The Hall–Kier alpha value is -2.11. The Morgan fingerprint density at radius 3 is 2.90 bits per heavy atom. The van der Waals surface area contributed by atoms with E-state index in [1.165, 1.54) is 0 Å². The maximum atomic E-state index is 12.6. The first-order valence-electron chi connectivity index (χ1n) is 7.43. The van der Waals surface area contributed by atoms with Gasteiger partial charge >= 0.3 is 0 Å². The van der Waals surface area contributed by atoms with Crippen LogP contribution >= 0.6 is 0 Å². The van der Waals surface area contributed by atoms with Crippen molar-refractivity contribution in [3.8, 4) is 0 Å². The fourth-order valence-corrected chi connectivity index (χ4v) is 2.87. The number of aryl methyl sites for hydroxylation is 3. The van der Waals surface area contributed by atoms with Crippen LogP contribution in [0.3, 0.4) is 0 Å². The number of likely N-dealkylation sites (tertiary alicyclic amines) is 1. The van der Waals surface area contributed by atoms with E-state index in [0.717, 1.165) is 43.3 Å². The molecule has 3 heterocycles. The van der Waals surface area contributed by atoms with Gasteiger partial charge in [-0.15, -0.1) is 0 Å². The van der Waals surface area contributed by atoms with Crippen LogP contribution in [-0.2, 0) is 6.54 Å². The average molecular weight is 287 g/mol. The predicted molar refractivity (Wildman–Crippen MR) is 79.2 cm³/mol. The van der Waals surface area contributed by atoms with Crippen molar-refractivity contribution in [3.63, 3.8) is 0 Å². The summed E-state index contributed by atoms with van der Waals surface area (Å²) in [5.41, 5.74) is 2.59. The van der Waals surface area contributed by atoms with Gasteiger partial charge in [0, 0.05) is 43.6 Å². The molecule has 1 unspecified atom stereocenters. The molecule has 1 aliphatic heterocycles. The van der Waals surface area contributed by atoms with Gasteiger partial charge in [-0.1, -0.05) is 0 Å². The monoisotopic (exact) mass is 287 g/mol. The first kappa shape index (κ1) is 13.9. The van der Waals surface area contributed by atoms with E-state index in [9.17, 15) is 4.79 Å². The summed E-state index contributed by atoms with van der Waals surface area (Å²) < 4.78 is 1.81. The summed E-state index contributed by atoms with van der Waals surface area (Å²) in [6, 6.07) is 0. The number of hydrogen-bond donors (Lipinski definition) is 1. The van der Waals surface area contributed by atoms with Crippen LogP contribution in [0.2, 0.25) is 0 Å². The van der Waals surface area contributed by atoms with E-state index in [1.807, 2.05) is 42.7 Å². The maximum Gasteiger partial charge on any atom is 0.257 e. The van der Waals surface area contributed by atoms with Crippen molar-refractivity contribution >= 4 is 5.91 Å². The predicted octanol–water partition coefficient (Wildman–Crippen LogP) is 1.87. The molecule has 1 aliphatic rings. The molecule has 6 heteroatoms. The van der Waals surface area contributed by atoms with Gasteiger partial charge in [-0.3, -0.25) is 9.48 Å². The van der Waals surface area contributed by atoms with Crippen LogP contribution in [-0.4, -0.2) is 43.6 Å². The number of rotatable bonds is 3. The third-order valence-electron chi connectivity index (χ3n) is 4.09. The number of hydrogen-bond acceptors (Lipinski definition) is 3. The molecule has 1 amide bonds. The number of amides is 1. The van der Waals surface area contributed by atoms with Gasteiger partial charge in [0.25, 0.3) is 5.91 Å². The summed E-state index contributed by atoms with van der Waals surface area (Å²) >= 11 is 0. The van der Waals surface area contributed by atoms with Crippen molar-refractivity contribution in [1.29, 1.82) is 0 Å². The summed E-state index contributed by atoms with van der Waals surface area (Å²) in [7, 11) is 0. The minimum Gasteiger partial charge on any atom is -0.346 e. The second-order valence-corrected chi connectivity index (χ2v) is 5.67. The molecule has 6 nitrogen and oxygen atoms in total. The van der Waals surface area contributed by atoms with Gasteiger partial charge < -0.3 is 9.88 Å². The van der Waals surface area contributed by atoms with E-state index >= 15 is 0 Å². The highest BCUT2D eigenvalue weighted by Crippen LogP contribution is 2.26. The van der Waals surface area contributed by atoms with Gasteiger partial charge in [-0.2, -0.15) is 5.10 Å². The number of aromatic amines is 1. The zero-order chi connectivity index (χ0) is 15.0. The fraction of sp³-hybridized carbons (Fsp3) is 0.533. The molecule has 1 saturated heterocycles. The van der Waals surface area contributed by atoms with Crippen LogP contribution in [0.25, 0.3) is 0 Å². The van der Waals surface area contributed by atoms with Crippen LogP contribution in [0.1, 0.15) is 46.8 Å². The van der Waals surface area contributed by atoms with Gasteiger partial charge in [0.15, 0.2) is 0 Å². The Labute approximate surface area is 124 Å². The third-order valence-corrected chi connectivity index (χ3v) is 4.09. The molecule has 0 radical (unpaired) electrons. The number of nitrogens with one attached hydrogen (secondary N) is 1. The molecule has 1 N–H and O–H groups in total. The van der Waals surface area contributed by atoms with E-state index in [1.54, 1.807) is 0 Å². The van der Waals surface area contributed by atoms with Crippen molar-refractivity contribution in [2.24, 2.45) is 0 Å². The topological polar surface area (TPSA) is 66.8 Å². The highest BCUT2D eigenvalue weighted by Gasteiger charge is 2.30. The summed E-state index contributed by atoms with van der Waals surface area (Å²) in [4.78, 5) is 22.2. The Kier molecular flexibility index (Phi) is 3.53. The first-order chi connectivity index (χ1) is 10.1. The lowest BCUT2D eigenvalue weighted by Gasteiger charge is -2.15. The second kappa shape index (κ2) is 5.35. The number of aromatic nitrogens is 4. The molecule has 0 saturated carbocycles. The Morgan fingerprint density at radius 2 is 2.29 bits per heavy atom. The smallest absolute Gasteiger partial charge is 0.257 e. The summed E-state index contributed by atoms with van der Waals surface area (Å²) in [6.45, 7) is 8.19. The molecule has 0 bridgehead atoms. The van der Waals surface area contributed by atoms with Crippen LogP contribution in [0.15, 0.2) is 12.4 Å². The molecule has 2 aromatic rings. The molecule has 21 heavy (non-hydrogen) atoms. The van der Waals surface area contributed by atoms with Gasteiger partial charge in [0.05, 0.1) is 11.3 Å². The summed E-state index contributed by atoms with van der Waals surface area (Å²) in [6.07, 6.45) is 4.65. The van der Waals surface area contributed by atoms with Crippen molar-refractivity contribution in [2.75, 3.05) is 13.1 Å². The number of carbonyl (C=O) groups is 1. The minimum absolute atomic E-state index is 0.0815. The lowest BCUT2D eigenvalue weighted by molar-refractivity contribution is 0.0790. The number of H-pyrrole nitrogens is 1. The molecule has 0 aromatic carbocycles. The molecule has 0 aliphatic carbocycles. The quantitative estimate of drug-likeness (QED) is 0.937. The molecule has 1 atom stereocenters. The molecule has 2 aromatic heterocycles. The SMILES string of the molecule is CCn1cc(C(=O)N2CCC(c3ncc(C)[nH]3)C2)c(C)n1. The highest BCUT2D eigenvalue weighted by molar-refractivity contribution is 5.95. The van der Waals surface area contributed by atoms with Crippen molar-refractivity contribution < 1.29 is 4.79 Å². The molecule has 0 spiro atoms. The minimum atomic E-state index is 0.0815. The zero-order valence-electron chi connectivity index (χ0n) is 12.8. The van der Waals surface area contributed by atoms with Crippen LogP contribution in [0, 0.1) is 13.8 Å². The van der Waals surface area contributed by atoms with Crippen LogP contribution < -0.4 is 0 Å². The standard InChI is InChI=1S/C15H21N5O/c1-4-20-9-13(11(3)18-20)15(21)19-6-5-12(8-19)14-16-7-10(2)17-14/h7,9,12H,4-6,8H2,1-3H3,(H,16,17). The van der Waals surface area contributed by atoms with Crippen LogP contribution in [0.5, 0.6) is 0 Å². The number of carbonyl (C=O) groups excluding carboxylic acids is 1. The summed E-state index contributed by atoms with van der Waals surface area (Å²) in [5.74, 6) is 1.38.